The molecule has 2 N–H and O–H groups in total. The highest BCUT2D eigenvalue weighted by Gasteiger charge is 2.33. The normalized spacial score (nSPS) is 11.5. The lowest BCUT2D eigenvalue weighted by molar-refractivity contribution is -0.384. The number of benzene rings is 1. The summed E-state index contributed by atoms with van der Waals surface area (Å²) in [5, 5.41) is 28.7. The van der Waals surface area contributed by atoms with Crippen molar-refractivity contribution >= 4 is 11.4 Å². The first kappa shape index (κ1) is 17.2. The maximum atomic E-state index is 12.6. The minimum atomic E-state index is -4.67. The van der Waals surface area contributed by atoms with Gasteiger partial charge in [0.25, 0.3) is 5.69 Å². The largest absolute Gasteiger partial charge is 0.416 e. The van der Waals surface area contributed by atoms with Crippen LogP contribution < -0.4 is 4.90 Å². The van der Waals surface area contributed by atoms with Crippen LogP contribution in [-0.4, -0.2) is 41.4 Å². The Kier molecular flexibility index (Phi) is 5.91. The van der Waals surface area contributed by atoms with Gasteiger partial charge in [-0.25, -0.2) is 0 Å². The smallest absolute Gasteiger partial charge is 0.396 e. The van der Waals surface area contributed by atoms with Gasteiger partial charge in [-0.15, -0.1) is 0 Å². The highest BCUT2D eigenvalue weighted by molar-refractivity contribution is 5.64. The first-order valence-corrected chi connectivity index (χ1v) is 6.13. The molecule has 0 spiro atoms. The zero-order valence-electron chi connectivity index (χ0n) is 11.0. The van der Waals surface area contributed by atoms with Gasteiger partial charge in [0, 0.05) is 25.8 Å². The van der Waals surface area contributed by atoms with Crippen LogP contribution in [0.1, 0.15) is 12.0 Å². The van der Waals surface area contributed by atoms with Crippen molar-refractivity contribution in [2.45, 2.75) is 12.6 Å². The summed E-state index contributed by atoms with van der Waals surface area (Å²) in [4.78, 5) is 11.5. The van der Waals surface area contributed by atoms with Gasteiger partial charge in [-0.2, -0.15) is 13.2 Å². The van der Waals surface area contributed by atoms with Gasteiger partial charge in [0.2, 0.25) is 0 Å². The van der Waals surface area contributed by atoms with E-state index in [0.29, 0.717) is 6.07 Å². The van der Waals surface area contributed by atoms with E-state index in [2.05, 4.69) is 0 Å². The molecule has 118 valence electrons. The van der Waals surface area contributed by atoms with Gasteiger partial charge in [-0.1, -0.05) is 0 Å². The maximum absolute atomic E-state index is 12.6. The lowest BCUT2D eigenvalue weighted by atomic mass is 10.1. The number of nitro benzene ring substituents is 1. The maximum Gasteiger partial charge on any atom is 0.416 e. The minimum absolute atomic E-state index is 0.0181. The van der Waals surface area contributed by atoms with Crippen LogP contribution in [0.2, 0.25) is 0 Å². The molecule has 9 heteroatoms. The van der Waals surface area contributed by atoms with Gasteiger partial charge in [0.05, 0.1) is 17.1 Å². The number of aliphatic hydroxyl groups excluding tert-OH is 2. The second-order valence-corrected chi connectivity index (χ2v) is 4.25. The van der Waals surface area contributed by atoms with Crippen molar-refractivity contribution in [1.82, 2.24) is 0 Å². The van der Waals surface area contributed by atoms with E-state index in [1.807, 2.05) is 0 Å². The van der Waals surface area contributed by atoms with E-state index in [0.717, 1.165) is 12.1 Å². The number of hydrogen-bond acceptors (Lipinski definition) is 5. The third-order valence-corrected chi connectivity index (χ3v) is 2.80. The van der Waals surface area contributed by atoms with E-state index < -0.39 is 22.4 Å². The number of alkyl halides is 3. The Bertz CT molecular complexity index is 494. The summed E-state index contributed by atoms with van der Waals surface area (Å²) in [5.41, 5.74) is -1.81. The summed E-state index contributed by atoms with van der Waals surface area (Å²) < 4.78 is 37.8. The van der Waals surface area contributed by atoms with Crippen molar-refractivity contribution in [3.63, 3.8) is 0 Å². The first-order chi connectivity index (χ1) is 9.81. The highest BCUT2D eigenvalue weighted by atomic mass is 19.4. The summed E-state index contributed by atoms with van der Waals surface area (Å²) in [6.07, 6.45) is -4.39. The van der Waals surface area contributed by atoms with Crippen LogP contribution in [-0.2, 0) is 6.18 Å². The Hall–Kier alpha value is -1.87. The third-order valence-electron chi connectivity index (χ3n) is 2.80. The molecule has 0 aliphatic heterocycles. The summed E-state index contributed by atoms with van der Waals surface area (Å²) >= 11 is 0. The molecule has 0 saturated heterocycles. The minimum Gasteiger partial charge on any atom is -0.396 e. The number of nitrogens with zero attached hydrogens (tertiary/aromatic N) is 2. The molecule has 0 saturated carbocycles. The fourth-order valence-electron chi connectivity index (χ4n) is 1.85. The van der Waals surface area contributed by atoms with E-state index in [4.69, 9.17) is 10.2 Å². The zero-order chi connectivity index (χ0) is 16.0. The molecule has 0 radical (unpaired) electrons. The van der Waals surface area contributed by atoms with E-state index in [1.54, 1.807) is 0 Å². The highest BCUT2D eigenvalue weighted by Crippen LogP contribution is 2.36. The molecule has 1 rings (SSSR count). The lowest BCUT2D eigenvalue weighted by Gasteiger charge is -2.23. The molecule has 0 heterocycles. The van der Waals surface area contributed by atoms with Gasteiger partial charge in [0.15, 0.2) is 0 Å². The van der Waals surface area contributed by atoms with Gasteiger partial charge in [-0.05, 0) is 18.6 Å². The van der Waals surface area contributed by atoms with Crippen LogP contribution in [0.25, 0.3) is 0 Å². The quantitative estimate of drug-likeness (QED) is 0.592. The molecule has 0 aromatic heterocycles. The van der Waals surface area contributed by atoms with Crippen LogP contribution in [0.15, 0.2) is 18.2 Å². The van der Waals surface area contributed by atoms with E-state index in [9.17, 15) is 23.3 Å². The summed E-state index contributed by atoms with van der Waals surface area (Å²) in [6, 6.07) is 2.23. The van der Waals surface area contributed by atoms with E-state index in [-0.39, 0.29) is 38.4 Å². The molecule has 6 nitrogen and oxygen atoms in total. The number of halogens is 3. The Balaban J connectivity index is 3.23. The predicted molar refractivity (Wildman–Crippen MR) is 69.1 cm³/mol. The SMILES string of the molecule is O=[N+]([O-])c1cc(C(F)(F)F)ccc1N(CCO)CCCO. The lowest BCUT2D eigenvalue weighted by Crippen LogP contribution is -2.29. The van der Waals surface area contributed by atoms with Crippen LogP contribution in [0.3, 0.4) is 0 Å². The second kappa shape index (κ2) is 7.23. The Morgan fingerprint density at radius 3 is 2.33 bits per heavy atom. The topological polar surface area (TPSA) is 86.8 Å². The summed E-state index contributed by atoms with van der Waals surface area (Å²) in [6.45, 7) is -0.282. The van der Waals surface area contributed by atoms with Crippen LogP contribution in [0, 0.1) is 10.1 Å². The molecule has 0 aliphatic rings. The van der Waals surface area contributed by atoms with Gasteiger partial charge >= 0.3 is 6.18 Å². The van der Waals surface area contributed by atoms with Crippen molar-refractivity contribution in [3.8, 4) is 0 Å². The van der Waals surface area contributed by atoms with Crippen molar-refractivity contribution in [2.75, 3.05) is 31.2 Å². The third kappa shape index (κ3) is 4.57. The number of hydrogen-bond donors (Lipinski definition) is 2. The van der Waals surface area contributed by atoms with Crippen molar-refractivity contribution < 1.29 is 28.3 Å². The molecule has 1 aromatic rings. The molecule has 0 fully saturated rings. The van der Waals surface area contributed by atoms with Crippen molar-refractivity contribution in [3.05, 3.63) is 33.9 Å². The molecular weight excluding hydrogens is 293 g/mol. The molecule has 0 bridgehead atoms. The number of rotatable bonds is 7. The molecule has 1 aromatic carbocycles. The second-order valence-electron chi connectivity index (χ2n) is 4.25. The number of anilines is 1. The monoisotopic (exact) mass is 308 g/mol. The summed E-state index contributed by atoms with van der Waals surface area (Å²) in [7, 11) is 0. The van der Waals surface area contributed by atoms with Gasteiger partial charge < -0.3 is 15.1 Å². The molecule has 0 amide bonds. The number of aliphatic hydroxyl groups is 2. The zero-order valence-corrected chi connectivity index (χ0v) is 11.0. The standard InChI is InChI=1S/C12H15F3N2O4/c13-12(14,15)9-2-3-10(11(8-9)17(20)21)16(5-7-19)4-1-6-18/h2-3,8,18-19H,1,4-7H2. The Morgan fingerprint density at radius 1 is 1.19 bits per heavy atom. The number of nitro groups is 1. The van der Waals surface area contributed by atoms with Crippen LogP contribution in [0.4, 0.5) is 24.5 Å². The molecule has 21 heavy (non-hydrogen) atoms. The van der Waals surface area contributed by atoms with Gasteiger partial charge in [-0.3, -0.25) is 10.1 Å². The molecule has 0 aliphatic carbocycles. The fourth-order valence-corrected chi connectivity index (χ4v) is 1.85. The predicted octanol–water partition coefficient (Wildman–Crippen LogP) is 1.79. The van der Waals surface area contributed by atoms with E-state index >= 15 is 0 Å². The molecule has 0 unspecified atom stereocenters. The van der Waals surface area contributed by atoms with E-state index in [1.165, 1.54) is 4.90 Å². The van der Waals surface area contributed by atoms with Crippen molar-refractivity contribution in [2.24, 2.45) is 0 Å². The fraction of sp³-hybridized carbons (Fsp3) is 0.500. The van der Waals surface area contributed by atoms with Gasteiger partial charge in [0.1, 0.15) is 5.69 Å². The Morgan fingerprint density at radius 2 is 1.86 bits per heavy atom. The Labute approximate surface area is 118 Å². The first-order valence-electron chi connectivity index (χ1n) is 6.13. The molecular formula is C12H15F3N2O4. The van der Waals surface area contributed by atoms with Crippen LogP contribution >= 0.6 is 0 Å². The average Bonchev–Trinajstić information content (AvgIpc) is 2.41. The van der Waals surface area contributed by atoms with Crippen LogP contribution in [0.5, 0.6) is 0 Å². The van der Waals surface area contributed by atoms with Crippen molar-refractivity contribution in [1.29, 1.82) is 0 Å². The average molecular weight is 308 g/mol. The molecule has 0 atom stereocenters. The summed E-state index contributed by atoms with van der Waals surface area (Å²) in [5.74, 6) is 0.